The molecule has 1 aliphatic rings. The molecule has 0 atom stereocenters. The fourth-order valence-electron chi connectivity index (χ4n) is 2.15. The van der Waals surface area contributed by atoms with Crippen molar-refractivity contribution in [2.75, 3.05) is 7.05 Å². The first-order valence-electron chi connectivity index (χ1n) is 6.16. The Balaban J connectivity index is 2.08. The molecule has 1 amide bonds. The van der Waals surface area contributed by atoms with E-state index < -0.39 is 5.97 Å². The fourth-order valence-corrected chi connectivity index (χ4v) is 2.15. The van der Waals surface area contributed by atoms with Gasteiger partial charge in [0.15, 0.2) is 0 Å². The highest BCUT2D eigenvalue weighted by atomic mass is 16.4. The lowest BCUT2D eigenvalue weighted by Crippen LogP contribution is -2.42. The van der Waals surface area contributed by atoms with Gasteiger partial charge in [-0.2, -0.15) is 0 Å². The van der Waals surface area contributed by atoms with Crippen LogP contribution in [-0.4, -0.2) is 35.0 Å². The van der Waals surface area contributed by atoms with Crippen molar-refractivity contribution in [3.63, 3.8) is 0 Å². The van der Waals surface area contributed by atoms with Gasteiger partial charge in [0.2, 0.25) is 5.91 Å². The Labute approximate surface area is 106 Å². The first-order valence-corrected chi connectivity index (χ1v) is 6.16. The average Bonchev–Trinajstić information content (AvgIpc) is 2.27. The highest BCUT2D eigenvalue weighted by Crippen LogP contribution is 2.24. The molecule has 1 aromatic rings. The van der Waals surface area contributed by atoms with Crippen LogP contribution in [0.2, 0.25) is 0 Å². The number of amides is 1. The van der Waals surface area contributed by atoms with Crippen molar-refractivity contribution >= 4 is 11.9 Å². The van der Waals surface area contributed by atoms with E-state index in [1.165, 1.54) is 12.5 Å². The molecule has 4 nitrogen and oxygen atoms in total. The van der Waals surface area contributed by atoms with Gasteiger partial charge < -0.3 is 10.0 Å². The smallest absolute Gasteiger partial charge is 0.335 e. The lowest BCUT2D eigenvalue weighted by atomic mass is 9.91. The van der Waals surface area contributed by atoms with Gasteiger partial charge >= 0.3 is 5.97 Å². The summed E-state index contributed by atoms with van der Waals surface area (Å²) in [6.07, 6.45) is 3.45. The summed E-state index contributed by atoms with van der Waals surface area (Å²) in [7, 11) is 1.80. The first kappa shape index (κ1) is 12.6. The van der Waals surface area contributed by atoms with Gasteiger partial charge in [-0.25, -0.2) is 4.79 Å². The minimum absolute atomic E-state index is 0.00611. The highest BCUT2D eigenvalue weighted by Gasteiger charge is 2.26. The van der Waals surface area contributed by atoms with Gasteiger partial charge in [0.25, 0.3) is 0 Å². The molecule has 0 radical (unpaired) electrons. The van der Waals surface area contributed by atoms with Gasteiger partial charge in [-0.3, -0.25) is 4.79 Å². The van der Waals surface area contributed by atoms with Gasteiger partial charge in [-0.15, -0.1) is 0 Å². The van der Waals surface area contributed by atoms with Crippen molar-refractivity contribution in [3.8, 4) is 0 Å². The van der Waals surface area contributed by atoms with Crippen LogP contribution in [0.4, 0.5) is 0 Å². The van der Waals surface area contributed by atoms with Crippen LogP contribution in [0.5, 0.6) is 0 Å². The largest absolute Gasteiger partial charge is 0.478 e. The molecule has 0 saturated heterocycles. The maximum atomic E-state index is 12.1. The predicted molar refractivity (Wildman–Crippen MR) is 67.5 cm³/mol. The molecule has 1 saturated carbocycles. The third-order valence-electron chi connectivity index (χ3n) is 3.61. The zero-order valence-corrected chi connectivity index (χ0v) is 10.4. The molecule has 0 aliphatic heterocycles. The molecule has 1 fully saturated rings. The zero-order valence-electron chi connectivity index (χ0n) is 10.4. The van der Waals surface area contributed by atoms with Crippen LogP contribution in [0.15, 0.2) is 24.3 Å². The third-order valence-corrected chi connectivity index (χ3v) is 3.61. The van der Waals surface area contributed by atoms with Crippen molar-refractivity contribution < 1.29 is 14.7 Å². The maximum Gasteiger partial charge on any atom is 0.335 e. The summed E-state index contributed by atoms with van der Waals surface area (Å²) in [5.41, 5.74) is 0.800. The Morgan fingerprint density at radius 2 is 2.00 bits per heavy atom. The van der Waals surface area contributed by atoms with E-state index in [2.05, 4.69) is 0 Å². The molecule has 96 valence electrons. The highest BCUT2D eigenvalue weighted by molar-refractivity contribution is 5.91. The number of rotatable bonds is 4. The lowest BCUT2D eigenvalue weighted by molar-refractivity contribution is -0.132. The molecular weight excluding hydrogens is 230 g/mol. The normalized spacial score (nSPS) is 14.9. The SMILES string of the molecule is CN(C(=O)Cc1ccccc1C(=O)O)C1CCC1. The molecule has 18 heavy (non-hydrogen) atoms. The van der Waals surface area contributed by atoms with Crippen LogP contribution >= 0.6 is 0 Å². The summed E-state index contributed by atoms with van der Waals surface area (Å²) in [6, 6.07) is 7.02. The van der Waals surface area contributed by atoms with E-state index in [0.717, 1.165) is 12.8 Å². The molecule has 1 N–H and O–H groups in total. The van der Waals surface area contributed by atoms with Crippen LogP contribution in [0.1, 0.15) is 35.2 Å². The average molecular weight is 247 g/mol. The van der Waals surface area contributed by atoms with E-state index in [0.29, 0.717) is 11.6 Å². The molecule has 1 aliphatic carbocycles. The number of likely N-dealkylation sites (N-methyl/N-ethyl adjacent to an activating group) is 1. The van der Waals surface area contributed by atoms with Crippen LogP contribution in [-0.2, 0) is 11.2 Å². The topological polar surface area (TPSA) is 57.6 Å². The van der Waals surface area contributed by atoms with Crippen LogP contribution < -0.4 is 0 Å². The Morgan fingerprint density at radius 3 is 2.56 bits per heavy atom. The number of carbonyl (C=O) groups excluding carboxylic acids is 1. The molecule has 1 aromatic carbocycles. The number of carboxylic acids is 1. The van der Waals surface area contributed by atoms with Crippen molar-refractivity contribution in [2.45, 2.75) is 31.7 Å². The van der Waals surface area contributed by atoms with Crippen molar-refractivity contribution in [3.05, 3.63) is 35.4 Å². The van der Waals surface area contributed by atoms with Gasteiger partial charge in [0, 0.05) is 13.1 Å². The summed E-state index contributed by atoms with van der Waals surface area (Å²) in [5.74, 6) is -0.988. The molecule has 4 heteroatoms. The second kappa shape index (κ2) is 5.21. The predicted octanol–water partition coefficient (Wildman–Crippen LogP) is 1.94. The standard InChI is InChI=1S/C14H17NO3/c1-15(11-6-4-7-11)13(16)9-10-5-2-3-8-12(10)14(17)18/h2-3,5,8,11H,4,6-7,9H2,1H3,(H,17,18). The van der Waals surface area contributed by atoms with E-state index >= 15 is 0 Å². The molecule has 2 rings (SSSR count). The third kappa shape index (κ3) is 2.53. The molecule has 0 spiro atoms. The number of hydrogen-bond acceptors (Lipinski definition) is 2. The van der Waals surface area contributed by atoms with Crippen molar-refractivity contribution in [1.29, 1.82) is 0 Å². The van der Waals surface area contributed by atoms with Crippen LogP contribution in [0.3, 0.4) is 0 Å². The van der Waals surface area contributed by atoms with Crippen molar-refractivity contribution in [1.82, 2.24) is 4.90 Å². The summed E-state index contributed by atoms with van der Waals surface area (Å²) in [5, 5.41) is 9.06. The number of aromatic carboxylic acids is 1. The summed E-state index contributed by atoms with van der Waals surface area (Å²) >= 11 is 0. The van der Waals surface area contributed by atoms with E-state index in [9.17, 15) is 9.59 Å². The summed E-state index contributed by atoms with van der Waals surface area (Å²) in [4.78, 5) is 24.9. The Kier molecular flexibility index (Phi) is 3.65. The van der Waals surface area contributed by atoms with Gasteiger partial charge in [-0.05, 0) is 30.9 Å². The zero-order chi connectivity index (χ0) is 13.1. The fraction of sp³-hybridized carbons (Fsp3) is 0.429. The number of hydrogen-bond donors (Lipinski definition) is 1. The Hall–Kier alpha value is -1.84. The quantitative estimate of drug-likeness (QED) is 0.884. The molecule has 0 bridgehead atoms. The summed E-state index contributed by atoms with van der Waals surface area (Å²) < 4.78 is 0. The Bertz CT molecular complexity index is 466. The second-order valence-corrected chi connectivity index (χ2v) is 4.73. The molecule has 0 heterocycles. The van der Waals surface area contributed by atoms with Gasteiger partial charge in [0.1, 0.15) is 0 Å². The van der Waals surface area contributed by atoms with E-state index in [1.54, 1.807) is 30.1 Å². The first-order chi connectivity index (χ1) is 8.59. The van der Waals surface area contributed by atoms with Gasteiger partial charge in [-0.1, -0.05) is 18.2 Å². The molecule has 0 unspecified atom stereocenters. The van der Waals surface area contributed by atoms with E-state index in [4.69, 9.17) is 5.11 Å². The Morgan fingerprint density at radius 1 is 1.33 bits per heavy atom. The lowest BCUT2D eigenvalue weighted by Gasteiger charge is -2.34. The summed E-state index contributed by atoms with van der Waals surface area (Å²) in [6.45, 7) is 0. The number of carbonyl (C=O) groups is 2. The molecule has 0 aromatic heterocycles. The second-order valence-electron chi connectivity index (χ2n) is 4.73. The van der Waals surface area contributed by atoms with Crippen LogP contribution in [0.25, 0.3) is 0 Å². The minimum Gasteiger partial charge on any atom is -0.478 e. The molecular formula is C14H17NO3. The number of nitrogens with zero attached hydrogens (tertiary/aromatic N) is 1. The van der Waals surface area contributed by atoms with Crippen molar-refractivity contribution in [2.24, 2.45) is 0 Å². The number of carboxylic acid groups (broad SMARTS) is 1. The monoisotopic (exact) mass is 247 g/mol. The van der Waals surface area contributed by atoms with Gasteiger partial charge in [0.05, 0.1) is 12.0 Å². The van der Waals surface area contributed by atoms with E-state index in [-0.39, 0.29) is 17.9 Å². The van der Waals surface area contributed by atoms with E-state index in [1.807, 2.05) is 0 Å². The van der Waals surface area contributed by atoms with Crippen LogP contribution in [0, 0.1) is 0 Å². The minimum atomic E-state index is -0.982. The maximum absolute atomic E-state index is 12.1. The number of benzene rings is 1.